The van der Waals surface area contributed by atoms with Crippen LogP contribution in [0.2, 0.25) is 0 Å². The summed E-state index contributed by atoms with van der Waals surface area (Å²) < 4.78 is 5.76. The van der Waals surface area contributed by atoms with Gasteiger partial charge in [-0.25, -0.2) is 0 Å². The van der Waals surface area contributed by atoms with Gasteiger partial charge in [0.1, 0.15) is 5.75 Å². The summed E-state index contributed by atoms with van der Waals surface area (Å²) in [5, 5.41) is 3.27. The van der Waals surface area contributed by atoms with Crippen LogP contribution in [0.4, 0.5) is 0 Å². The van der Waals surface area contributed by atoms with Crippen molar-refractivity contribution in [1.82, 2.24) is 10.2 Å². The van der Waals surface area contributed by atoms with Crippen LogP contribution >= 0.6 is 0 Å². The number of likely N-dealkylation sites (tertiary alicyclic amines) is 1. The highest BCUT2D eigenvalue weighted by atomic mass is 16.5. The van der Waals surface area contributed by atoms with Crippen LogP contribution in [-0.2, 0) is 4.79 Å². The Morgan fingerprint density at radius 1 is 1.40 bits per heavy atom. The second-order valence-corrected chi connectivity index (χ2v) is 5.46. The number of amides is 1. The van der Waals surface area contributed by atoms with Crippen LogP contribution in [0.3, 0.4) is 0 Å². The quantitative estimate of drug-likeness (QED) is 0.914. The molecule has 1 heterocycles. The molecule has 1 aromatic carbocycles. The maximum Gasteiger partial charge on any atom is 0.263 e. The van der Waals surface area contributed by atoms with Gasteiger partial charge in [0.25, 0.3) is 5.91 Å². The minimum Gasteiger partial charge on any atom is -0.481 e. The summed E-state index contributed by atoms with van der Waals surface area (Å²) in [4.78, 5) is 14.3. The van der Waals surface area contributed by atoms with Gasteiger partial charge >= 0.3 is 0 Å². The van der Waals surface area contributed by atoms with Crippen LogP contribution in [-0.4, -0.2) is 43.1 Å². The second kappa shape index (κ2) is 6.75. The van der Waals surface area contributed by atoms with Crippen LogP contribution in [0.5, 0.6) is 5.75 Å². The van der Waals surface area contributed by atoms with Crippen molar-refractivity contribution in [3.8, 4) is 5.75 Å². The number of nitrogens with one attached hydrogen (secondary N) is 1. The summed E-state index contributed by atoms with van der Waals surface area (Å²) in [6, 6.07) is 8.34. The minimum absolute atomic E-state index is 0.0843. The van der Waals surface area contributed by atoms with E-state index >= 15 is 0 Å². The maximum absolute atomic E-state index is 12.4. The molecule has 0 bridgehead atoms. The highest BCUT2D eigenvalue weighted by molar-refractivity contribution is 5.81. The average Bonchev–Trinajstić information content (AvgIpc) is 2.46. The van der Waals surface area contributed by atoms with Gasteiger partial charge in [-0.3, -0.25) is 4.79 Å². The van der Waals surface area contributed by atoms with E-state index in [0.29, 0.717) is 6.04 Å². The first-order chi connectivity index (χ1) is 9.60. The average molecular weight is 276 g/mol. The molecule has 4 nitrogen and oxygen atoms in total. The molecule has 0 radical (unpaired) electrons. The molecule has 4 heteroatoms. The lowest BCUT2D eigenvalue weighted by molar-refractivity contribution is -0.139. The van der Waals surface area contributed by atoms with Crippen molar-refractivity contribution >= 4 is 5.91 Å². The van der Waals surface area contributed by atoms with E-state index < -0.39 is 6.10 Å². The molecule has 1 unspecified atom stereocenters. The molecule has 1 atom stereocenters. The molecular formula is C16H24N2O2. The Labute approximate surface area is 121 Å². The number of ether oxygens (including phenoxy) is 1. The fourth-order valence-corrected chi connectivity index (χ4v) is 2.59. The van der Waals surface area contributed by atoms with Crippen LogP contribution < -0.4 is 10.1 Å². The predicted octanol–water partition coefficient (Wildman–Crippen LogP) is 1.97. The Hall–Kier alpha value is -1.55. The molecule has 1 amide bonds. The van der Waals surface area contributed by atoms with E-state index in [1.165, 1.54) is 0 Å². The summed E-state index contributed by atoms with van der Waals surface area (Å²) in [5.74, 6) is 0.844. The number of benzene rings is 1. The third kappa shape index (κ3) is 3.73. The van der Waals surface area contributed by atoms with E-state index in [4.69, 9.17) is 4.74 Å². The molecule has 0 aliphatic carbocycles. The number of hydrogen-bond donors (Lipinski definition) is 1. The van der Waals surface area contributed by atoms with E-state index in [9.17, 15) is 4.79 Å². The number of carbonyl (C=O) groups excluding carboxylic acids is 1. The van der Waals surface area contributed by atoms with Gasteiger partial charge < -0.3 is 15.0 Å². The van der Waals surface area contributed by atoms with E-state index in [2.05, 4.69) is 5.32 Å². The molecule has 110 valence electrons. The Morgan fingerprint density at radius 2 is 2.10 bits per heavy atom. The van der Waals surface area contributed by atoms with Gasteiger partial charge in [0.2, 0.25) is 0 Å². The zero-order valence-corrected chi connectivity index (χ0v) is 12.6. The molecule has 1 aliphatic rings. The van der Waals surface area contributed by atoms with Crippen molar-refractivity contribution in [3.05, 3.63) is 29.8 Å². The number of piperidine rings is 1. The monoisotopic (exact) mass is 276 g/mol. The Balaban J connectivity index is 1.89. The molecule has 20 heavy (non-hydrogen) atoms. The number of hydrogen-bond acceptors (Lipinski definition) is 3. The van der Waals surface area contributed by atoms with Crippen molar-refractivity contribution in [3.63, 3.8) is 0 Å². The van der Waals surface area contributed by atoms with Crippen LogP contribution in [0.25, 0.3) is 0 Å². The van der Waals surface area contributed by atoms with Crippen LogP contribution in [0, 0.1) is 6.92 Å². The highest BCUT2D eigenvalue weighted by Gasteiger charge is 2.26. The SMILES string of the molecule is CNC1CCN(C(=O)C(C)Oc2cccc(C)c2)CC1. The number of aryl methyl sites for hydroxylation is 1. The van der Waals surface area contributed by atoms with Gasteiger partial charge in [0, 0.05) is 19.1 Å². The van der Waals surface area contributed by atoms with Crippen molar-refractivity contribution in [2.24, 2.45) is 0 Å². The van der Waals surface area contributed by atoms with E-state index in [1.807, 2.05) is 50.1 Å². The lowest BCUT2D eigenvalue weighted by atomic mass is 10.0. The highest BCUT2D eigenvalue weighted by Crippen LogP contribution is 2.17. The van der Waals surface area contributed by atoms with Crippen molar-refractivity contribution in [2.75, 3.05) is 20.1 Å². The Morgan fingerprint density at radius 3 is 2.70 bits per heavy atom. The number of carbonyl (C=O) groups is 1. The van der Waals surface area contributed by atoms with E-state index in [0.717, 1.165) is 37.2 Å². The zero-order valence-electron chi connectivity index (χ0n) is 12.6. The van der Waals surface area contributed by atoms with Gasteiger partial charge in [0.15, 0.2) is 6.10 Å². The van der Waals surface area contributed by atoms with Gasteiger partial charge in [-0.2, -0.15) is 0 Å². The summed E-state index contributed by atoms with van der Waals surface area (Å²) in [7, 11) is 1.98. The molecule has 1 saturated heterocycles. The normalized spacial score (nSPS) is 17.9. The Kier molecular flexibility index (Phi) is 5.01. The molecule has 1 fully saturated rings. The standard InChI is InChI=1S/C16H24N2O2/c1-12-5-4-6-15(11-12)20-13(2)16(19)18-9-7-14(17-3)8-10-18/h4-6,11,13-14,17H,7-10H2,1-3H3. The van der Waals surface area contributed by atoms with Crippen LogP contribution in [0.15, 0.2) is 24.3 Å². The fraction of sp³-hybridized carbons (Fsp3) is 0.562. The summed E-state index contributed by atoms with van der Waals surface area (Å²) in [6.45, 7) is 5.47. The third-order valence-electron chi connectivity index (χ3n) is 3.87. The lowest BCUT2D eigenvalue weighted by Crippen LogP contribution is -2.48. The molecule has 1 aromatic rings. The molecule has 1 N–H and O–H groups in total. The summed E-state index contributed by atoms with van der Waals surface area (Å²) >= 11 is 0. The first-order valence-electron chi connectivity index (χ1n) is 7.29. The predicted molar refractivity (Wildman–Crippen MR) is 79.9 cm³/mol. The molecule has 0 aromatic heterocycles. The number of nitrogens with zero attached hydrogens (tertiary/aromatic N) is 1. The fourth-order valence-electron chi connectivity index (χ4n) is 2.59. The molecule has 0 saturated carbocycles. The Bertz CT molecular complexity index is 454. The van der Waals surface area contributed by atoms with Crippen LogP contribution in [0.1, 0.15) is 25.3 Å². The van der Waals surface area contributed by atoms with Crippen molar-refractivity contribution in [2.45, 2.75) is 38.8 Å². The number of rotatable bonds is 4. The molecule has 0 spiro atoms. The summed E-state index contributed by atoms with van der Waals surface area (Å²) in [6.07, 6.45) is 1.60. The molecule has 2 rings (SSSR count). The summed E-state index contributed by atoms with van der Waals surface area (Å²) in [5.41, 5.74) is 1.14. The molecular weight excluding hydrogens is 252 g/mol. The first-order valence-corrected chi connectivity index (χ1v) is 7.29. The minimum atomic E-state index is -0.428. The first kappa shape index (κ1) is 14.9. The zero-order chi connectivity index (χ0) is 14.5. The lowest BCUT2D eigenvalue weighted by Gasteiger charge is -2.33. The van der Waals surface area contributed by atoms with E-state index in [1.54, 1.807) is 0 Å². The van der Waals surface area contributed by atoms with Gasteiger partial charge in [0.05, 0.1) is 0 Å². The maximum atomic E-state index is 12.4. The largest absolute Gasteiger partial charge is 0.481 e. The van der Waals surface area contributed by atoms with Crippen molar-refractivity contribution < 1.29 is 9.53 Å². The van der Waals surface area contributed by atoms with Gasteiger partial charge in [-0.1, -0.05) is 12.1 Å². The van der Waals surface area contributed by atoms with Gasteiger partial charge in [-0.05, 0) is 51.4 Å². The topological polar surface area (TPSA) is 41.6 Å². The second-order valence-electron chi connectivity index (χ2n) is 5.46. The van der Waals surface area contributed by atoms with Crippen molar-refractivity contribution in [1.29, 1.82) is 0 Å². The van der Waals surface area contributed by atoms with Gasteiger partial charge in [-0.15, -0.1) is 0 Å². The smallest absolute Gasteiger partial charge is 0.263 e. The molecule has 1 aliphatic heterocycles. The third-order valence-corrected chi connectivity index (χ3v) is 3.87. The van der Waals surface area contributed by atoms with E-state index in [-0.39, 0.29) is 5.91 Å².